The summed E-state index contributed by atoms with van der Waals surface area (Å²) in [5, 5.41) is 12.4. The Morgan fingerprint density at radius 2 is 2.12 bits per heavy atom. The van der Waals surface area contributed by atoms with Gasteiger partial charge in [0.2, 0.25) is 0 Å². The third kappa shape index (κ3) is 2.76. The quantitative estimate of drug-likeness (QED) is 0.591. The first kappa shape index (κ1) is 11.9. The molecule has 0 aromatic carbocycles. The van der Waals surface area contributed by atoms with Crippen LogP contribution in [0.15, 0.2) is 5.16 Å². The highest BCUT2D eigenvalue weighted by molar-refractivity contribution is 5.87. The fourth-order valence-electron chi connectivity index (χ4n) is 3.21. The molecule has 0 aromatic heterocycles. The van der Waals surface area contributed by atoms with E-state index in [0.717, 1.165) is 37.6 Å². The van der Waals surface area contributed by atoms with Gasteiger partial charge in [-0.15, -0.1) is 0 Å². The summed E-state index contributed by atoms with van der Waals surface area (Å²) >= 11 is 0. The first-order valence-corrected chi connectivity index (χ1v) is 6.76. The van der Waals surface area contributed by atoms with Gasteiger partial charge >= 0.3 is 0 Å². The number of likely N-dealkylation sites (tertiary alicyclic amines) is 1. The van der Waals surface area contributed by atoms with E-state index >= 15 is 0 Å². The Kier molecular flexibility index (Phi) is 4.22. The highest BCUT2D eigenvalue weighted by Crippen LogP contribution is 2.27. The maximum atomic E-state index is 8.93. The van der Waals surface area contributed by atoms with Gasteiger partial charge in [0.15, 0.2) is 0 Å². The van der Waals surface area contributed by atoms with Crippen LogP contribution in [0.25, 0.3) is 0 Å². The standard InChI is InChI=1S/C13H24N2O/c1-2-12-10-15(8-7-13(12)14-16)9-11-5-3-4-6-11/h11-12,16H,2-10H2,1H3. The molecule has 1 aliphatic heterocycles. The van der Waals surface area contributed by atoms with Crippen LogP contribution in [0.4, 0.5) is 0 Å². The summed E-state index contributed by atoms with van der Waals surface area (Å²) in [4.78, 5) is 2.58. The van der Waals surface area contributed by atoms with Crippen molar-refractivity contribution in [3.05, 3.63) is 0 Å². The molecule has 0 amide bonds. The number of oxime groups is 1. The van der Waals surface area contributed by atoms with Gasteiger partial charge in [0.1, 0.15) is 0 Å². The summed E-state index contributed by atoms with van der Waals surface area (Å²) in [6.45, 7) is 5.66. The Bertz CT molecular complexity index is 246. The SMILES string of the molecule is CCC1CN(CC2CCCC2)CCC1=NO. The average Bonchev–Trinajstić information content (AvgIpc) is 2.81. The molecule has 1 heterocycles. The fraction of sp³-hybridized carbons (Fsp3) is 0.923. The number of nitrogens with zero attached hydrogens (tertiary/aromatic N) is 2. The molecule has 1 unspecified atom stereocenters. The van der Waals surface area contributed by atoms with Gasteiger partial charge in [0, 0.05) is 32.0 Å². The summed E-state index contributed by atoms with van der Waals surface area (Å²) < 4.78 is 0. The van der Waals surface area contributed by atoms with Gasteiger partial charge in [-0.3, -0.25) is 0 Å². The van der Waals surface area contributed by atoms with Crippen molar-refractivity contribution in [2.24, 2.45) is 17.0 Å². The summed E-state index contributed by atoms with van der Waals surface area (Å²) in [6.07, 6.45) is 7.77. The van der Waals surface area contributed by atoms with E-state index in [9.17, 15) is 0 Å². The minimum absolute atomic E-state index is 0.486. The van der Waals surface area contributed by atoms with Crippen LogP contribution in [0.3, 0.4) is 0 Å². The Morgan fingerprint density at radius 3 is 2.75 bits per heavy atom. The number of hydrogen-bond acceptors (Lipinski definition) is 3. The first-order valence-electron chi connectivity index (χ1n) is 6.76. The van der Waals surface area contributed by atoms with Crippen LogP contribution >= 0.6 is 0 Å². The second kappa shape index (κ2) is 5.67. The molecule has 0 radical (unpaired) electrons. The average molecular weight is 224 g/mol. The molecule has 2 rings (SSSR count). The molecule has 2 aliphatic rings. The zero-order valence-corrected chi connectivity index (χ0v) is 10.4. The molecular weight excluding hydrogens is 200 g/mol. The van der Waals surface area contributed by atoms with Gasteiger partial charge in [-0.1, -0.05) is 24.9 Å². The van der Waals surface area contributed by atoms with E-state index < -0.39 is 0 Å². The Morgan fingerprint density at radius 1 is 1.38 bits per heavy atom. The van der Waals surface area contributed by atoms with Gasteiger partial charge in [-0.25, -0.2) is 0 Å². The number of rotatable bonds is 3. The predicted molar refractivity (Wildman–Crippen MR) is 66.0 cm³/mol. The topological polar surface area (TPSA) is 35.8 Å². The normalized spacial score (nSPS) is 31.3. The van der Waals surface area contributed by atoms with Crippen LogP contribution in [-0.4, -0.2) is 35.5 Å². The second-order valence-electron chi connectivity index (χ2n) is 5.36. The van der Waals surface area contributed by atoms with Crippen molar-refractivity contribution >= 4 is 5.71 Å². The lowest BCUT2D eigenvalue weighted by Gasteiger charge is -2.34. The largest absolute Gasteiger partial charge is 0.411 e. The lowest BCUT2D eigenvalue weighted by Crippen LogP contribution is -2.42. The van der Waals surface area contributed by atoms with Crippen molar-refractivity contribution in [2.75, 3.05) is 19.6 Å². The molecular formula is C13H24N2O. The molecule has 16 heavy (non-hydrogen) atoms. The van der Waals surface area contributed by atoms with E-state index in [2.05, 4.69) is 17.0 Å². The molecule has 1 saturated heterocycles. The summed E-state index contributed by atoms with van der Waals surface area (Å²) in [7, 11) is 0. The van der Waals surface area contributed by atoms with Crippen molar-refractivity contribution in [1.29, 1.82) is 0 Å². The van der Waals surface area contributed by atoms with E-state index in [1.54, 1.807) is 0 Å². The van der Waals surface area contributed by atoms with Crippen LogP contribution < -0.4 is 0 Å². The minimum atomic E-state index is 0.486. The highest BCUT2D eigenvalue weighted by atomic mass is 16.4. The number of hydrogen-bond donors (Lipinski definition) is 1. The van der Waals surface area contributed by atoms with Crippen molar-refractivity contribution in [3.8, 4) is 0 Å². The maximum Gasteiger partial charge on any atom is 0.0627 e. The molecule has 1 aliphatic carbocycles. The van der Waals surface area contributed by atoms with Crippen LogP contribution in [0.1, 0.15) is 45.4 Å². The van der Waals surface area contributed by atoms with Crippen molar-refractivity contribution in [2.45, 2.75) is 45.4 Å². The fourth-order valence-corrected chi connectivity index (χ4v) is 3.21. The van der Waals surface area contributed by atoms with Crippen LogP contribution in [0, 0.1) is 11.8 Å². The van der Waals surface area contributed by atoms with E-state index in [1.807, 2.05) is 0 Å². The molecule has 0 aromatic rings. The third-order valence-corrected chi connectivity index (χ3v) is 4.25. The number of piperidine rings is 1. The molecule has 2 fully saturated rings. The molecule has 0 spiro atoms. The third-order valence-electron chi connectivity index (χ3n) is 4.25. The highest BCUT2D eigenvalue weighted by Gasteiger charge is 2.27. The smallest absolute Gasteiger partial charge is 0.0627 e. The lowest BCUT2D eigenvalue weighted by molar-refractivity contribution is 0.198. The summed E-state index contributed by atoms with van der Waals surface area (Å²) in [6, 6.07) is 0. The Labute approximate surface area is 98.5 Å². The van der Waals surface area contributed by atoms with Crippen LogP contribution in [-0.2, 0) is 0 Å². The molecule has 0 bridgehead atoms. The van der Waals surface area contributed by atoms with Crippen LogP contribution in [0.5, 0.6) is 0 Å². The van der Waals surface area contributed by atoms with Crippen molar-refractivity contribution in [1.82, 2.24) is 4.90 Å². The Balaban J connectivity index is 1.84. The van der Waals surface area contributed by atoms with E-state index in [0.29, 0.717) is 5.92 Å². The van der Waals surface area contributed by atoms with Gasteiger partial charge in [0.25, 0.3) is 0 Å². The molecule has 1 N–H and O–H groups in total. The maximum absolute atomic E-state index is 8.93. The molecule has 1 saturated carbocycles. The van der Waals surface area contributed by atoms with Crippen molar-refractivity contribution < 1.29 is 5.21 Å². The van der Waals surface area contributed by atoms with Gasteiger partial charge < -0.3 is 10.1 Å². The van der Waals surface area contributed by atoms with E-state index in [-0.39, 0.29) is 0 Å². The van der Waals surface area contributed by atoms with E-state index in [4.69, 9.17) is 5.21 Å². The Hall–Kier alpha value is -0.570. The minimum Gasteiger partial charge on any atom is -0.411 e. The monoisotopic (exact) mass is 224 g/mol. The zero-order chi connectivity index (χ0) is 11.4. The van der Waals surface area contributed by atoms with E-state index in [1.165, 1.54) is 32.2 Å². The van der Waals surface area contributed by atoms with Gasteiger partial charge in [-0.2, -0.15) is 0 Å². The van der Waals surface area contributed by atoms with Gasteiger partial charge in [-0.05, 0) is 25.2 Å². The molecule has 3 heteroatoms. The molecule has 1 atom stereocenters. The summed E-state index contributed by atoms with van der Waals surface area (Å²) in [5.41, 5.74) is 1.02. The van der Waals surface area contributed by atoms with Gasteiger partial charge in [0.05, 0.1) is 5.71 Å². The summed E-state index contributed by atoms with van der Waals surface area (Å²) in [5.74, 6) is 1.42. The molecule has 92 valence electrons. The first-order chi connectivity index (χ1) is 7.83. The zero-order valence-electron chi connectivity index (χ0n) is 10.4. The second-order valence-corrected chi connectivity index (χ2v) is 5.36. The predicted octanol–water partition coefficient (Wildman–Crippen LogP) is 2.74. The van der Waals surface area contributed by atoms with Crippen LogP contribution in [0.2, 0.25) is 0 Å². The lowest BCUT2D eigenvalue weighted by atomic mass is 9.92. The molecule has 3 nitrogen and oxygen atoms in total. The van der Waals surface area contributed by atoms with Crippen molar-refractivity contribution in [3.63, 3.8) is 0 Å².